The summed E-state index contributed by atoms with van der Waals surface area (Å²) in [7, 11) is 0. The zero-order valence-electron chi connectivity index (χ0n) is 12.3. The average Bonchev–Trinajstić information content (AvgIpc) is 3.28. The van der Waals surface area contributed by atoms with Gasteiger partial charge in [0.15, 0.2) is 5.76 Å². The van der Waals surface area contributed by atoms with E-state index in [-0.39, 0.29) is 11.9 Å². The summed E-state index contributed by atoms with van der Waals surface area (Å²) < 4.78 is 5.19. The van der Waals surface area contributed by atoms with Gasteiger partial charge in [-0.1, -0.05) is 0 Å². The van der Waals surface area contributed by atoms with Gasteiger partial charge in [0.25, 0.3) is 5.91 Å². The van der Waals surface area contributed by atoms with Gasteiger partial charge in [0, 0.05) is 30.4 Å². The van der Waals surface area contributed by atoms with Crippen LogP contribution in [-0.4, -0.2) is 39.9 Å². The number of nitrogens with one attached hydrogen (secondary N) is 1. The predicted octanol–water partition coefficient (Wildman–Crippen LogP) is 1.88. The third-order valence-electron chi connectivity index (χ3n) is 4.42. The molecule has 0 bridgehead atoms. The second-order valence-electron chi connectivity index (χ2n) is 5.86. The quantitative estimate of drug-likeness (QED) is 0.937. The molecule has 1 aliphatic heterocycles. The first-order valence-corrected chi connectivity index (χ1v) is 7.73. The summed E-state index contributed by atoms with van der Waals surface area (Å²) in [6, 6.07) is 3.68. The normalized spacial score (nSPS) is 20.2. The number of likely N-dealkylation sites (tertiary alicyclic amines) is 1. The van der Waals surface area contributed by atoms with E-state index in [2.05, 4.69) is 15.3 Å². The number of fused-ring (bicyclic) bond motifs is 1. The second-order valence-corrected chi connectivity index (χ2v) is 5.86. The first kappa shape index (κ1) is 13.3. The number of furan rings is 1. The molecule has 2 aliphatic rings. The van der Waals surface area contributed by atoms with Crippen molar-refractivity contribution in [3.8, 4) is 0 Å². The molecule has 3 heterocycles. The fourth-order valence-corrected chi connectivity index (χ4v) is 3.30. The number of nitrogens with zero attached hydrogens (tertiary/aromatic N) is 3. The summed E-state index contributed by atoms with van der Waals surface area (Å²) in [4.78, 5) is 22.8. The maximum absolute atomic E-state index is 12.3. The maximum Gasteiger partial charge on any atom is 0.289 e. The lowest BCUT2D eigenvalue weighted by Crippen LogP contribution is -2.31. The summed E-state index contributed by atoms with van der Waals surface area (Å²) in [5.74, 6) is 1.31. The van der Waals surface area contributed by atoms with Crippen molar-refractivity contribution in [1.82, 2.24) is 14.9 Å². The summed E-state index contributed by atoms with van der Waals surface area (Å²) in [6.45, 7) is 1.42. The van der Waals surface area contributed by atoms with Crippen molar-refractivity contribution in [2.75, 3.05) is 18.4 Å². The number of hydrogen-bond donors (Lipinski definition) is 1. The van der Waals surface area contributed by atoms with Gasteiger partial charge in [0.05, 0.1) is 6.26 Å². The number of hydrogen-bond acceptors (Lipinski definition) is 5. The van der Waals surface area contributed by atoms with E-state index in [1.807, 2.05) is 4.90 Å². The van der Waals surface area contributed by atoms with Gasteiger partial charge in [-0.2, -0.15) is 0 Å². The zero-order chi connectivity index (χ0) is 14.9. The van der Waals surface area contributed by atoms with E-state index in [0.29, 0.717) is 12.3 Å². The van der Waals surface area contributed by atoms with Crippen LogP contribution in [0.4, 0.5) is 5.82 Å². The number of amides is 1. The summed E-state index contributed by atoms with van der Waals surface area (Å²) in [5, 5.41) is 3.50. The minimum atomic E-state index is -0.0396. The van der Waals surface area contributed by atoms with Gasteiger partial charge < -0.3 is 14.6 Å². The highest BCUT2D eigenvalue weighted by Gasteiger charge is 2.29. The van der Waals surface area contributed by atoms with Crippen LogP contribution in [0.25, 0.3) is 0 Å². The molecule has 1 fully saturated rings. The Bertz CT molecular complexity index is 683. The number of carbonyl (C=O) groups excluding carboxylic acids is 1. The Morgan fingerprint density at radius 3 is 3.18 bits per heavy atom. The van der Waals surface area contributed by atoms with Crippen LogP contribution in [0, 0.1) is 0 Å². The molecule has 1 N–H and O–H groups in total. The first-order chi connectivity index (χ1) is 10.8. The summed E-state index contributed by atoms with van der Waals surface area (Å²) in [6.07, 6.45) is 7.32. The average molecular weight is 298 g/mol. The van der Waals surface area contributed by atoms with Crippen molar-refractivity contribution in [1.29, 1.82) is 0 Å². The molecule has 1 atom stereocenters. The van der Waals surface area contributed by atoms with Crippen LogP contribution in [0.1, 0.15) is 34.7 Å². The third kappa shape index (κ3) is 2.34. The Labute approximate surface area is 128 Å². The maximum atomic E-state index is 12.3. The van der Waals surface area contributed by atoms with Gasteiger partial charge in [-0.3, -0.25) is 4.79 Å². The molecule has 1 saturated heterocycles. The summed E-state index contributed by atoms with van der Waals surface area (Å²) >= 11 is 0. The van der Waals surface area contributed by atoms with E-state index < -0.39 is 0 Å². The molecular weight excluding hydrogens is 280 g/mol. The smallest absolute Gasteiger partial charge is 0.289 e. The van der Waals surface area contributed by atoms with Crippen LogP contribution < -0.4 is 5.32 Å². The van der Waals surface area contributed by atoms with Crippen LogP contribution >= 0.6 is 0 Å². The number of aryl methyl sites for hydroxylation is 1. The summed E-state index contributed by atoms with van der Waals surface area (Å²) in [5.41, 5.74) is 2.41. The number of anilines is 1. The Morgan fingerprint density at radius 2 is 2.32 bits per heavy atom. The van der Waals surface area contributed by atoms with Crippen molar-refractivity contribution in [2.24, 2.45) is 0 Å². The second kappa shape index (κ2) is 5.44. The molecule has 0 unspecified atom stereocenters. The highest BCUT2D eigenvalue weighted by molar-refractivity contribution is 5.91. The standard InChI is InChI=1S/C16H18N4O2/c21-16(14-5-2-8-22-14)20-7-6-11(9-20)19-15-12-3-1-4-13(12)17-10-18-15/h2,5,8,10-11H,1,3-4,6-7,9H2,(H,17,18,19)/t11-/m1/s1. The topological polar surface area (TPSA) is 71.3 Å². The first-order valence-electron chi connectivity index (χ1n) is 7.73. The number of carbonyl (C=O) groups is 1. The van der Waals surface area contributed by atoms with E-state index in [0.717, 1.165) is 38.0 Å². The van der Waals surface area contributed by atoms with Gasteiger partial charge in [-0.25, -0.2) is 9.97 Å². The molecule has 6 heteroatoms. The van der Waals surface area contributed by atoms with Gasteiger partial charge >= 0.3 is 0 Å². The Hall–Kier alpha value is -2.37. The van der Waals surface area contributed by atoms with E-state index in [4.69, 9.17) is 4.42 Å². The van der Waals surface area contributed by atoms with E-state index in [1.54, 1.807) is 18.5 Å². The van der Waals surface area contributed by atoms with Gasteiger partial charge in [0.1, 0.15) is 12.1 Å². The number of aromatic nitrogens is 2. The van der Waals surface area contributed by atoms with Crippen molar-refractivity contribution in [3.63, 3.8) is 0 Å². The SMILES string of the molecule is O=C(c1ccco1)N1CC[C@@H](Nc2ncnc3c2CCC3)C1. The molecule has 0 aromatic carbocycles. The molecule has 0 radical (unpaired) electrons. The monoisotopic (exact) mass is 298 g/mol. The fraction of sp³-hybridized carbons (Fsp3) is 0.438. The van der Waals surface area contributed by atoms with Crippen LogP contribution in [0.2, 0.25) is 0 Å². The minimum Gasteiger partial charge on any atom is -0.459 e. The van der Waals surface area contributed by atoms with Crippen molar-refractivity contribution in [3.05, 3.63) is 41.7 Å². The lowest BCUT2D eigenvalue weighted by molar-refractivity contribution is 0.0760. The molecule has 0 spiro atoms. The molecular formula is C16H18N4O2. The Kier molecular flexibility index (Phi) is 3.29. The molecule has 1 aliphatic carbocycles. The number of rotatable bonds is 3. The van der Waals surface area contributed by atoms with Crippen LogP contribution in [0.5, 0.6) is 0 Å². The molecule has 1 amide bonds. The highest BCUT2D eigenvalue weighted by Crippen LogP contribution is 2.26. The van der Waals surface area contributed by atoms with E-state index >= 15 is 0 Å². The van der Waals surface area contributed by atoms with E-state index in [1.165, 1.54) is 17.5 Å². The molecule has 0 saturated carbocycles. The lowest BCUT2D eigenvalue weighted by atomic mass is 10.2. The predicted molar refractivity (Wildman–Crippen MR) is 80.7 cm³/mol. The van der Waals surface area contributed by atoms with Gasteiger partial charge in [0.2, 0.25) is 0 Å². The molecule has 22 heavy (non-hydrogen) atoms. The Morgan fingerprint density at radius 1 is 1.36 bits per heavy atom. The van der Waals surface area contributed by atoms with Crippen LogP contribution in [-0.2, 0) is 12.8 Å². The zero-order valence-corrected chi connectivity index (χ0v) is 12.3. The van der Waals surface area contributed by atoms with Crippen molar-refractivity contribution < 1.29 is 9.21 Å². The van der Waals surface area contributed by atoms with Crippen LogP contribution in [0.15, 0.2) is 29.1 Å². The van der Waals surface area contributed by atoms with Gasteiger partial charge in [-0.05, 0) is 37.8 Å². The lowest BCUT2D eigenvalue weighted by Gasteiger charge is -2.17. The van der Waals surface area contributed by atoms with Crippen LogP contribution in [0.3, 0.4) is 0 Å². The molecule has 6 nitrogen and oxygen atoms in total. The van der Waals surface area contributed by atoms with Gasteiger partial charge in [-0.15, -0.1) is 0 Å². The van der Waals surface area contributed by atoms with E-state index in [9.17, 15) is 4.79 Å². The fourth-order valence-electron chi connectivity index (χ4n) is 3.30. The molecule has 2 aromatic heterocycles. The molecule has 4 rings (SSSR count). The molecule has 114 valence electrons. The van der Waals surface area contributed by atoms with Crippen molar-refractivity contribution >= 4 is 11.7 Å². The minimum absolute atomic E-state index is 0.0396. The molecule has 2 aromatic rings. The Balaban J connectivity index is 1.44. The third-order valence-corrected chi connectivity index (χ3v) is 4.42. The highest BCUT2D eigenvalue weighted by atomic mass is 16.3. The van der Waals surface area contributed by atoms with Crippen molar-refractivity contribution in [2.45, 2.75) is 31.7 Å². The largest absolute Gasteiger partial charge is 0.459 e.